The fourth-order valence-corrected chi connectivity index (χ4v) is 10.6. The monoisotopic (exact) mass is 469 g/mol. The summed E-state index contributed by atoms with van der Waals surface area (Å²) >= 11 is 0. The molecule has 1 spiro atoms. The Morgan fingerprint density at radius 1 is 0.909 bits per heavy atom. The quantitative estimate of drug-likeness (QED) is 0.334. The normalized spacial score (nSPS) is 63.2. The summed E-state index contributed by atoms with van der Waals surface area (Å²) in [6, 6.07) is -0.202. The van der Waals surface area contributed by atoms with Gasteiger partial charge in [-0.15, -0.1) is 0 Å². The number of rotatable bonds is 5. The molecule has 188 valence electrons. The van der Waals surface area contributed by atoms with Crippen molar-refractivity contribution in [2.24, 2.45) is 28.6 Å². The van der Waals surface area contributed by atoms with Gasteiger partial charge in [0.05, 0.1) is 47.6 Å². The average molecular weight is 470 g/mol. The SMILES string of the molecule is CCN1CC2(COC)C(O)CC(OC)C34C5CC6(O)C(OC)CC(O)(C(CC23O)C14)C5C6O. The number of piperidine rings is 1. The van der Waals surface area contributed by atoms with Gasteiger partial charge in [-0.25, -0.2) is 0 Å². The summed E-state index contributed by atoms with van der Waals surface area (Å²) in [5.41, 5.74) is -6.03. The van der Waals surface area contributed by atoms with Crippen LogP contribution < -0.4 is 0 Å². The average Bonchev–Trinajstić information content (AvgIpc) is 3.12. The molecule has 6 aliphatic rings. The lowest BCUT2D eigenvalue weighted by Crippen LogP contribution is -2.84. The number of hydrogen-bond acceptors (Lipinski definition) is 9. The molecule has 5 saturated carbocycles. The van der Waals surface area contributed by atoms with Crippen molar-refractivity contribution in [2.75, 3.05) is 41.0 Å². The predicted octanol–water partition coefficient (Wildman–Crippen LogP) is -1.27. The number of fused-ring (bicyclic) bond motifs is 2. The van der Waals surface area contributed by atoms with E-state index in [9.17, 15) is 25.5 Å². The molecule has 9 heteroatoms. The summed E-state index contributed by atoms with van der Waals surface area (Å²) in [7, 11) is 4.72. The van der Waals surface area contributed by atoms with Crippen LogP contribution in [0.5, 0.6) is 0 Å². The zero-order valence-electron chi connectivity index (χ0n) is 20.0. The molecule has 5 aliphatic carbocycles. The number of hydrogen-bond donors (Lipinski definition) is 5. The highest BCUT2D eigenvalue weighted by atomic mass is 16.5. The molecule has 0 aromatic heterocycles. The largest absolute Gasteiger partial charge is 0.392 e. The second-order valence-corrected chi connectivity index (χ2v) is 11.9. The Labute approximate surface area is 194 Å². The molecule has 6 fully saturated rings. The number of methoxy groups -OCH3 is 3. The first-order valence-corrected chi connectivity index (χ1v) is 12.4. The van der Waals surface area contributed by atoms with Crippen molar-refractivity contribution < 1.29 is 39.7 Å². The smallest absolute Gasteiger partial charge is 0.117 e. The van der Waals surface area contributed by atoms with Crippen molar-refractivity contribution in [1.82, 2.24) is 4.90 Å². The molecule has 0 aromatic carbocycles. The van der Waals surface area contributed by atoms with Crippen LogP contribution in [0, 0.1) is 28.6 Å². The van der Waals surface area contributed by atoms with E-state index in [2.05, 4.69) is 11.8 Å². The number of ether oxygens (including phenoxy) is 3. The summed E-state index contributed by atoms with van der Waals surface area (Å²) in [4.78, 5) is 2.29. The fraction of sp³-hybridized carbons (Fsp3) is 1.00. The second-order valence-electron chi connectivity index (χ2n) is 11.9. The molecule has 5 N–H and O–H groups in total. The minimum Gasteiger partial charge on any atom is -0.392 e. The molecular formula is C24H39NO8. The third kappa shape index (κ3) is 2.08. The van der Waals surface area contributed by atoms with Gasteiger partial charge in [0.1, 0.15) is 5.60 Å². The van der Waals surface area contributed by atoms with E-state index >= 15 is 0 Å². The van der Waals surface area contributed by atoms with Crippen molar-refractivity contribution in [2.45, 2.75) is 79.9 Å². The predicted molar refractivity (Wildman–Crippen MR) is 115 cm³/mol. The van der Waals surface area contributed by atoms with Crippen molar-refractivity contribution in [3.63, 3.8) is 0 Å². The molecule has 0 aromatic rings. The van der Waals surface area contributed by atoms with Crippen LogP contribution in [0.15, 0.2) is 0 Å². The maximum atomic E-state index is 12.9. The van der Waals surface area contributed by atoms with E-state index in [0.717, 1.165) is 0 Å². The Balaban J connectivity index is 1.65. The highest BCUT2D eigenvalue weighted by molar-refractivity contribution is 5.40. The summed E-state index contributed by atoms with van der Waals surface area (Å²) < 4.78 is 17.4. The molecule has 0 radical (unpaired) electrons. The highest BCUT2D eigenvalue weighted by Gasteiger charge is 2.91. The van der Waals surface area contributed by atoms with E-state index in [1.165, 1.54) is 7.11 Å². The van der Waals surface area contributed by atoms with Crippen LogP contribution in [0.25, 0.3) is 0 Å². The van der Waals surface area contributed by atoms with Crippen LogP contribution in [-0.4, -0.2) is 119 Å². The van der Waals surface area contributed by atoms with Gasteiger partial charge in [-0.1, -0.05) is 6.92 Å². The van der Waals surface area contributed by atoms with Gasteiger partial charge in [0.15, 0.2) is 0 Å². The van der Waals surface area contributed by atoms with Gasteiger partial charge in [0, 0.05) is 64.0 Å². The third-order valence-electron chi connectivity index (χ3n) is 11.5. The van der Waals surface area contributed by atoms with Gasteiger partial charge < -0.3 is 39.7 Å². The van der Waals surface area contributed by atoms with E-state index < -0.39 is 63.9 Å². The molecule has 0 amide bonds. The lowest BCUT2D eigenvalue weighted by atomic mass is 9.41. The van der Waals surface area contributed by atoms with Gasteiger partial charge in [-0.2, -0.15) is 0 Å². The van der Waals surface area contributed by atoms with Crippen LogP contribution in [0.2, 0.25) is 0 Å². The minimum atomic E-state index is -1.50. The standard InChI is InChI=1S/C24H39NO8/c1-5-25-10-20(11-31-2)14(26)6-15(32-3)24-12-7-22(29)16(33-4)9-21(28,17(12)19(22)27)13(18(24)25)8-23(20,24)30/h12-19,26-30H,5-11H2,1-4H3. The Hall–Kier alpha value is -0.360. The summed E-state index contributed by atoms with van der Waals surface area (Å²) in [6.07, 6.45) is -2.15. The summed E-state index contributed by atoms with van der Waals surface area (Å²) in [5.74, 6) is -1.37. The molecule has 13 unspecified atom stereocenters. The number of nitrogens with zero attached hydrogens (tertiary/aromatic N) is 1. The first-order valence-electron chi connectivity index (χ1n) is 12.4. The zero-order chi connectivity index (χ0) is 23.8. The van der Waals surface area contributed by atoms with E-state index in [1.54, 1.807) is 14.2 Å². The van der Waals surface area contributed by atoms with E-state index in [1.807, 2.05) is 0 Å². The first kappa shape index (κ1) is 23.1. The first-order chi connectivity index (χ1) is 15.6. The molecule has 1 aliphatic heterocycles. The molecule has 9 nitrogen and oxygen atoms in total. The second kappa shape index (κ2) is 6.69. The van der Waals surface area contributed by atoms with Gasteiger partial charge in [0.25, 0.3) is 0 Å². The van der Waals surface area contributed by atoms with Crippen LogP contribution in [0.4, 0.5) is 0 Å². The van der Waals surface area contributed by atoms with E-state index in [-0.39, 0.29) is 31.4 Å². The third-order valence-corrected chi connectivity index (χ3v) is 11.5. The molecular weight excluding hydrogens is 430 g/mol. The lowest BCUT2D eigenvalue weighted by Gasteiger charge is -2.72. The van der Waals surface area contributed by atoms with Crippen LogP contribution in [-0.2, 0) is 14.2 Å². The van der Waals surface area contributed by atoms with Gasteiger partial charge in [0.2, 0.25) is 0 Å². The molecule has 13 atom stereocenters. The maximum Gasteiger partial charge on any atom is 0.117 e. The minimum absolute atomic E-state index is 0.183. The van der Waals surface area contributed by atoms with Crippen LogP contribution in [0.3, 0.4) is 0 Å². The van der Waals surface area contributed by atoms with Gasteiger partial charge in [-0.05, 0) is 25.3 Å². The van der Waals surface area contributed by atoms with E-state index in [0.29, 0.717) is 25.9 Å². The van der Waals surface area contributed by atoms with Crippen molar-refractivity contribution in [1.29, 1.82) is 0 Å². The Kier molecular flexibility index (Phi) is 4.67. The molecule has 7 bridgehead atoms. The molecule has 33 heavy (non-hydrogen) atoms. The molecule has 1 saturated heterocycles. The maximum absolute atomic E-state index is 12.9. The van der Waals surface area contributed by atoms with Crippen LogP contribution in [0.1, 0.15) is 32.6 Å². The number of aliphatic hydroxyl groups excluding tert-OH is 2. The zero-order valence-corrected chi connectivity index (χ0v) is 20.0. The Morgan fingerprint density at radius 3 is 2.21 bits per heavy atom. The highest BCUT2D eigenvalue weighted by Crippen LogP contribution is 2.80. The topological polar surface area (TPSA) is 132 Å². The fourth-order valence-electron chi connectivity index (χ4n) is 10.6. The summed E-state index contributed by atoms with van der Waals surface area (Å²) in [5, 5.41) is 59.9. The van der Waals surface area contributed by atoms with Crippen molar-refractivity contribution in [3.05, 3.63) is 0 Å². The van der Waals surface area contributed by atoms with Gasteiger partial charge >= 0.3 is 0 Å². The Bertz CT molecular complexity index is 845. The number of aliphatic hydroxyl groups is 5. The number of likely N-dealkylation sites (tertiary alicyclic amines) is 1. The van der Waals surface area contributed by atoms with Crippen molar-refractivity contribution >= 4 is 0 Å². The van der Waals surface area contributed by atoms with Gasteiger partial charge in [-0.3, -0.25) is 4.90 Å². The van der Waals surface area contributed by atoms with Crippen molar-refractivity contribution in [3.8, 4) is 0 Å². The summed E-state index contributed by atoms with van der Waals surface area (Å²) in [6.45, 7) is 3.39. The Morgan fingerprint density at radius 2 is 1.61 bits per heavy atom. The molecule has 1 heterocycles. The van der Waals surface area contributed by atoms with E-state index in [4.69, 9.17) is 14.2 Å². The van der Waals surface area contributed by atoms with Crippen LogP contribution >= 0.6 is 0 Å². The molecule has 6 rings (SSSR count). The lowest BCUT2D eigenvalue weighted by molar-refractivity contribution is -0.346.